The third-order valence-corrected chi connectivity index (χ3v) is 7.21. The van der Waals surface area contributed by atoms with Crippen molar-refractivity contribution in [3.63, 3.8) is 0 Å². The molecule has 0 bridgehead atoms. The number of guanidine groups is 1. The van der Waals surface area contributed by atoms with Gasteiger partial charge in [-0.25, -0.2) is 0 Å². The van der Waals surface area contributed by atoms with E-state index in [-0.39, 0.29) is 36.0 Å². The smallest absolute Gasteiger partial charge is 0.243 e. The minimum Gasteiger partial charge on any atom is -0.384 e. The van der Waals surface area contributed by atoms with Gasteiger partial charge in [0.15, 0.2) is 5.96 Å². The van der Waals surface area contributed by atoms with E-state index in [0.29, 0.717) is 44.3 Å². The molecule has 0 spiro atoms. The van der Waals surface area contributed by atoms with Gasteiger partial charge in [0.1, 0.15) is 17.9 Å². The Bertz CT molecular complexity index is 987. The number of benzene rings is 1. The summed E-state index contributed by atoms with van der Waals surface area (Å²) in [5.41, 5.74) is 29.0. The number of hydrogen-bond donors (Lipinski definition) is 8. The number of amidine groups is 1. The molecular formula is C27H45N9O3. The van der Waals surface area contributed by atoms with Gasteiger partial charge < -0.3 is 39.3 Å². The van der Waals surface area contributed by atoms with E-state index in [0.717, 1.165) is 37.7 Å². The third-order valence-electron chi connectivity index (χ3n) is 7.21. The van der Waals surface area contributed by atoms with E-state index in [9.17, 15) is 14.4 Å². The molecule has 0 heterocycles. The summed E-state index contributed by atoms with van der Waals surface area (Å²) in [5, 5.41) is 13.3. The van der Waals surface area contributed by atoms with Gasteiger partial charge in [0.05, 0.1) is 0 Å². The first-order valence-corrected chi connectivity index (χ1v) is 13.7. The normalized spacial score (nSPS) is 15.9. The van der Waals surface area contributed by atoms with Gasteiger partial charge in [-0.3, -0.25) is 24.8 Å². The van der Waals surface area contributed by atoms with Crippen LogP contribution in [0.1, 0.15) is 68.9 Å². The number of nitrogens with two attached hydrogens (primary N) is 5. The molecule has 12 heteroatoms. The fourth-order valence-electron chi connectivity index (χ4n) is 5.02. The minimum absolute atomic E-state index is 0.0117. The fourth-order valence-corrected chi connectivity index (χ4v) is 5.02. The maximum absolute atomic E-state index is 13.7. The number of primary amides is 1. The molecule has 39 heavy (non-hydrogen) atoms. The lowest BCUT2D eigenvalue weighted by atomic mass is 9.76. The van der Waals surface area contributed by atoms with Crippen molar-refractivity contribution >= 4 is 29.5 Å². The summed E-state index contributed by atoms with van der Waals surface area (Å²) in [4.78, 5) is 42.8. The van der Waals surface area contributed by atoms with E-state index < -0.39 is 23.9 Å². The number of carbonyl (C=O) groups is 3. The molecule has 1 aromatic carbocycles. The van der Waals surface area contributed by atoms with Crippen molar-refractivity contribution in [3.05, 3.63) is 35.4 Å². The molecule has 2 rings (SSSR count). The van der Waals surface area contributed by atoms with Gasteiger partial charge in [0, 0.05) is 18.0 Å². The van der Waals surface area contributed by atoms with Crippen LogP contribution in [0.25, 0.3) is 0 Å². The predicted octanol–water partition coefficient (Wildman–Crippen LogP) is -0.0429. The number of nitrogens with one attached hydrogen (secondary N) is 3. The Balaban J connectivity index is 2.16. The second-order valence-electron chi connectivity index (χ2n) is 10.2. The van der Waals surface area contributed by atoms with Crippen LogP contribution in [0.4, 0.5) is 0 Å². The molecule has 0 radical (unpaired) electrons. The van der Waals surface area contributed by atoms with Crippen LogP contribution >= 0.6 is 0 Å². The lowest BCUT2D eigenvalue weighted by molar-refractivity contribution is -0.134. The highest BCUT2D eigenvalue weighted by molar-refractivity contribution is 5.95. The summed E-state index contributed by atoms with van der Waals surface area (Å²) in [6.07, 6.45) is 7.23. The Morgan fingerprint density at radius 2 is 1.51 bits per heavy atom. The van der Waals surface area contributed by atoms with E-state index in [2.05, 4.69) is 15.6 Å². The fraction of sp³-hybridized carbons (Fsp3) is 0.593. The molecule has 1 saturated carbocycles. The standard InChI is InChI=1S/C27H45N9O3/c28-14-4-8-22(26(39)35-21(24(31)37)9-5-15-34-27(32)33)36-25(38)20(18-6-2-1-3-7-18)16-17-10-12-19(13-11-17)23(29)30/h10-13,18,20-22H,1-9,14-16,28H2,(H3,29,30)(H2,31,37)(H,35,39)(H,36,38)(H4,32,33,34)/t20?,21-,22-/m0/s1. The summed E-state index contributed by atoms with van der Waals surface area (Å²) >= 11 is 0. The van der Waals surface area contributed by atoms with Crippen molar-refractivity contribution in [1.82, 2.24) is 10.6 Å². The lowest BCUT2D eigenvalue weighted by Crippen LogP contribution is -2.54. The Morgan fingerprint density at radius 1 is 0.897 bits per heavy atom. The average molecular weight is 544 g/mol. The summed E-state index contributed by atoms with van der Waals surface area (Å²) in [6.45, 7) is 0.651. The second-order valence-corrected chi connectivity index (χ2v) is 10.2. The van der Waals surface area contributed by atoms with E-state index >= 15 is 0 Å². The minimum atomic E-state index is -0.919. The molecule has 216 valence electrons. The van der Waals surface area contributed by atoms with Crippen molar-refractivity contribution < 1.29 is 14.4 Å². The van der Waals surface area contributed by atoms with Crippen LogP contribution in [0.15, 0.2) is 29.3 Å². The number of nitrogen functional groups attached to an aromatic ring is 1. The van der Waals surface area contributed by atoms with Crippen LogP contribution in [0.5, 0.6) is 0 Å². The molecule has 1 unspecified atom stereocenters. The van der Waals surface area contributed by atoms with Crippen LogP contribution < -0.4 is 39.3 Å². The molecule has 0 saturated heterocycles. The molecule has 12 nitrogen and oxygen atoms in total. The van der Waals surface area contributed by atoms with Gasteiger partial charge in [-0.1, -0.05) is 43.5 Å². The molecule has 1 aliphatic rings. The Morgan fingerprint density at radius 3 is 2.08 bits per heavy atom. The molecule has 1 aliphatic carbocycles. The topological polar surface area (TPSA) is 242 Å². The van der Waals surface area contributed by atoms with Crippen LogP contribution in [0.2, 0.25) is 0 Å². The maximum Gasteiger partial charge on any atom is 0.243 e. The van der Waals surface area contributed by atoms with Crippen molar-refractivity contribution in [2.45, 2.75) is 76.3 Å². The zero-order valence-corrected chi connectivity index (χ0v) is 22.7. The summed E-state index contributed by atoms with van der Waals surface area (Å²) < 4.78 is 0. The van der Waals surface area contributed by atoms with E-state index in [1.54, 1.807) is 12.1 Å². The quantitative estimate of drug-likeness (QED) is 0.0802. The third kappa shape index (κ3) is 10.9. The first kappa shape index (κ1) is 31.5. The van der Waals surface area contributed by atoms with Crippen molar-refractivity contribution in [1.29, 1.82) is 5.41 Å². The Kier molecular flexibility index (Phi) is 13.2. The molecule has 1 fully saturated rings. The van der Waals surface area contributed by atoms with Gasteiger partial charge in [-0.15, -0.1) is 0 Å². The van der Waals surface area contributed by atoms with Crippen molar-refractivity contribution in [2.24, 2.45) is 45.5 Å². The summed E-state index contributed by atoms with van der Waals surface area (Å²) in [7, 11) is 0. The van der Waals surface area contributed by atoms with Gasteiger partial charge in [0.2, 0.25) is 17.7 Å². The summed E-state index contributed by atoms with van der Waals surface area (Å²) in [5.74, 6) is -1.55. The first-order valence-electron chi connectivity index (χ1n) is 13.7. The number of nitrogens with zero attached hydrogens (tertiary/aromatic N) is 1. The molecule has 13 N–H and O–H groups in total. The van der Waals surface area contributed by atoms with Crippen molar-refractivity contribution in [2.75, 3.05) is 13.1 Å². The zero-order valence-electron chi connectivity index (χ0n) is 22.7. The average Bonchev–Trinajstić information content (AvgIpc) is 2.91. The Hall–Kier alpha value is -3.67. The van der Waals surface area contributed by atoms with E-state index in [4.69, 9.17) is 34.1 Å². The van der Waals surface area contributed by atoms with Crippen LogP contribution in [-0.4, -0.2) is 54.7 Å². The predicted molar refractivity (Wildman–Crippen MR) is 152 cm³/mol. The first-order chi connectivity index (χ1) is 18.6. The van der Waals surface area contributed by atoms with E-state index in [1.807, 2.05) is 12.1 Å². The molecule has 0 aromatic heterocycles. The van der Waals surface area contributed by atoms with Crippen LogP contribution in [0.3, 0.4) is 0 Å². The number of amides is 3. The molecule has 1 aromatic rings. The SMILES string of the molecule is N=C(N)c1ccc(CC(C(=O)N[C@@H](CCCN)C(=O)N[C@@H](CCCN=C(N)N)C(N)=O)C2CCCCC2)cc1. The van der Waals surface area contributed by atoms with Gasteiger partial charge >= 0.3 is 0 Å². The number of hydrogen-bond acceptors (Lipinski definition) is 6. The molecule has 3 atom stereocenters. The number of aliphatic imine (C=N–C) groups is 1. The maximum atomic E-state index is 13.7. The van der Waals surface area contributed by atoms with Gasteiger partial charge in [0.25, 0.3) is 0 Å². The monoisotopic (exact) mass is 543 g/mol. The highest BCUT2D eigenvalue weighted by atomic mass is 16.2. The van der Waals surface area contributed by atoms with Crippen LogP contribution in [-0.2, 0) is 20.8 Å². The zero-order chi connectivity index (χ0) is 28.8. The molecular weight excluding hydrogens is 498 g/mol. The van der Waals surface area contributed by atoms with Gasteiger partial charge in [-0.05, 0) is 63.0 Å². The number of rotatable bonds is 16. The highest BCUT2D eigenvalue weighted by Crippen LogP contribution is 2.32. The van der Waals surface area contributed by atoms with Crippen LogP contribution in [0, 0.1) is 17.2 Å². The molecule has 3 amide bonds. The second kappa shape index (κ2) is 16.3. The number of carbonyl (C=O) groups excluding carboxylic acids is 3. The molecule has 0 aliphatic heterocycles. The summed E-state index contributed by atoms with van der Waals surface area (Å²) in [6, 6.07) is 5.56. The lowest BCUT2D eigenvalue weighted by Gasteiger charge is -2.31. The Labute approximate surface area is 230 Å². The van der Waals surface area contributed by atoms with E-state index in [1.165, 1.54) is 0 Å². The largest absolute Gasteiger partial charge is 0.384 e. The van der Waals surface area contributed by atoms with Crippen molar-refractivity contribution in [3.8, 4) is 0 Å². The highest BCUT2D eigenvalue weighted by Gasteiger charge is 2.33. The van der Waals surface area contributed by atoms with Gasteiger partial charge in [-0.2, -0.15) is 0 Å².